The van der Waals surface area contributed by atoms with Gasteiger partial charge >= 0.3 is 6.18 Å². The lowest BCUT2D eigenvalue weighted by atomic mass is 10.1. The third kappa shape index (κ3) is 7.28. The van der Waals surface area contributed by atoms with Gasteiger partial charge in [0.2, 0.25) is 5.91 Å². The molecule has 1 unspecified atom stereocenters. The number of thioether (sulfide) groups is 1. The molecule has 1 atom stereocenters. The lowest BCUT2D eigenvalue weighted by molar-refractivity contribution is -0.896. The minimum absolute atomic E-state index is 0.0705. The molecule has 1 aromatic heterocycles. The highest BCUT2D eigenvalue weighted by molar-refractivity contribution is 8.00. The first-order valence-electron chi connectivity index (χ1n) is 10.0. The molecule has 0 aliphatic carbocycles. The van der Waals surface area contributed by atoms with Crippen LogP contribution in [0.4, 0.5) is 13.2 Å². The second-order valence-electron chi connectivity index (χ2n) is 6.90. The highest BCUT2D eigenvalue weighted by atomic mass is 32.2. The van der Waals surface area contributed by atoms with Crippen LogP contribution in [0.1, 0.15) is 32.9 Å². The predicted molar refractivity (Wildman–Crippen MR) is 112 cm³/mol. The van der Waals surface area contributed by atoms with E-state index in [1.54, 1.807) is 37.3 Å². The van der Waals surface area contributed by atoms with E-state index in [9.17, 15) is 18.0 Å². The normalized spacial score (nSPS) is 12.8. The van der Waals surface area contributed by atoms with Gasteiger partial charge < -0.3 is 10.2 Å². The predicted octanol–water partition coefficient (Wildman–Crippen LogP) is 3.07. The van der Waals surface area contributed by atoms with Crippen molar-refractivity contribution in [3.63, 3.8) is 0 Å². The van der Waals surface area contributed by atoms with Gasteiger partial charge in [0, 0.05) is 18.5 Å². The molecule has 5 nitrogen and oxygen atoms in total. The Kier molecular flexibility index (Phi) is 9.10. The molecule has 0 spiro atoms. The summed E-state index contributed by atoms with van der Waals surface area (Å²) >= 11 is 0.925. The molecule has 1 heterocycles. The van der Waals surface area contributed by atoms with Crippen LogP contribution in [0, 0.1) is 0 Å². The van der Waals surface area contributed by atoms with E-state index in [0.717, 1.165) is 43.9 Å². The number of nitrogens with one attached hydrogen (secondary N) is 2. The lowest BCUT2D eigenvalue weighted by Crippen LogP contribution is -3.11. The molecule has 2 aromatic rings. The van der Waals surface area contributed by atoms with Crippen molar-refractivity contribution < 1.29 is 22.9 Å². The number of alkyl halides is 3. The summed E-state index contributed by atoms with van der Waals surface area (Å²) in [5.74, 6) is -0.239. The average Bonchev–Trinajstić information content (AvgIpc) is 2.73. The summed E-state index contributed by atoms with van der Waals surface area (Å²) in [5.41, 5.74) is -0.285. The Bertz CT molecular complexity index is 814. The first-order valence-corrected chi connectivity index (χ1v) is 10.9. The number of quaternary nitrogens is 1. The zero-order valence-electron chi connectivity index (χ0n) is 17.4. The van der Waals surface area contributed by atoms with E-state index >= 15 is 0 Å². The third-order valence-corrected chi connectivity index (χ3v) is 5.68. The summed E-state index contributed by atoms with van der Waals surface area (Å²) in [5, 5.41) is 2.16. The number of nitrogens with zero attached hydrogens (tertiary/aromatic N) is 2. The number of aromatic nitrogens is 2. The molecule has 164 valence electrons. The average molecular weight is 442 g/mol. The maximum Gasteiger partial charge on any atom is 0.433 e. The van der Waals surface area contributed by atoms with Gasteiger partial charge in [-0.3, -0.25) is 4.79 Å². The van der Waals surface area contributed by atoms with E-state index in [-0.39, 0.29) is 16.8 Å². The number of carbonyl (C=O) groups is 1. The highest BCUT2D eigenvalue weighted by Gasteiger charge is 2.34. The molecular weight excluding hydrogens is 413 g/mol. The van der Waals surface area contributed by atoms with Crippen molar-refractivity contribution in [2.75, 3.05) is 26.2 Å². The maximum absolute atomic E-state index is 13.3. The standard InChI is InChI=1S/C21H27F3N4OS/c1-4-28(5-2)13-9-12-25-19(29)15(3)30-20-26-17(16-10-7-6-8-11-16)14-18(27-20)21(22,23)24/h6-8,10-11,14-15H,4-5,9,12-13H2,1-3H3,(H,25,29)/p+1. The number of benzene rings is 1. The topological polar surface area (TPSA) is 59.3 Å². The fourth-order valence-electron chi connectivity index (χ4n) is 2.89. The van der Waals surface area contributed by atoms with Crippen LogP contribution in [0.2, 0.25) is 0 Å². The van der Waals surface area contributed by atoms with Crippen molar-refractivity contribution in [3.05, 3.63) is 42.1 Å². The Hall–Kier alpha value is -2.13. The number of hydrogen-bond acceptors (Lipinski definition) is 4. The lowest BCUT2D eigenvalue weighted by Gasteiger charge is -2.16. The van der Waals surface area contributed by atoms with Gasteiger partial charge in [-0.15, -0.1) is 0 Å². The van der Waals surface area contributed by atoms with Gasteiger partial charge in [-0.2, -0.15) is 13.2 Å². The molecule has 1 amide bonds. The second-order valence-corrected chi connectivity index (χ2v) is 8.20. The first-order chi connectivity index (χ1) is 14.2. The van der Waals surface area contributed by atoms with Crippen LogP contribution in [0.25, 0.3) is 11.3 Å². The Balaban J connectivity index is 2.06. The molecule has 0 aliphatic rings. The smallest absolute Gasteiger partial charge is 0.355 e. The maximum atomic E-state index is 13.3. The zero-order valence-corrected chi connectivity index (χ0v) is 18.2. The van der Waals surface area contributed by atoms with Crippen LogP contribution in [0.15, 0.2) is 41.6 Å². The third-order valence-electron chi connectivity index (χ3n) is 4.72. The number of amides is 1. The molecule has 1 aromatic carbocycles. The summed E-state index contributed by atoms with van der Waals surface area (Å²) in [6, 6.07) is 9.54. The van der Waals surface area contributed by atoms with Gasteiger partial charge in [-0.1, -0.05) is 42.1 Å². The Morgan fingerprint density at radius 1 is 1.17 bits per heavy atom. The largest absolute Gasteiger partial charge is 0.433 e. The van der Waals surface area contributed by atoms with Crippen molar-refractivity contribution >= 4 is 17.7 Å². The van der Waals surface area contributed by atoms with Gasteiger partial charge in [0.15, 0.2) is 5.16 Å². The molecule has 0 radical (unpaired) electrons. The highest BCUT2D eigenvalue weighted by Crippen LogP contribution is 2.32. The minimum Gasteiger partial charge on any atom is -0.355 e. The van der Waals surface area contributed by atoms with Crippen molar-refractivity contribution in [1.29, 1.82) is 0 Å². The van der Waals surface area contributed by atoms with E-state index < -0.39 is 17.1 Å². The molecule has 2 rings (SSSR count). The Labute approximate surface area is 179 Å². The van der Waals surface area contributed by atoms with Gasteiger partial charge in [-0.05, 0) is 26.8 Å². The van der Waals surface area contributed by atoms with Gasteiger partial charge in [-0.25, -0.2) is 9.97 Å². The fourth-order valence-corrected chi connectivity index (χ4v) is 3.70. The quantitative estimate of drug-likeness (QED) is 0.338. The first kappa shape index (κ1) is 24.1. The van der Waals surface area contributed by atoms with E-state index in [4.69, 9.17) is 0 Å². The molecule has 2 N–H and O–H groups in total. The Morgan fingerprint density at radius 2 is 1.83 bits per heavy atom. The molecule has 0 aliphatic heterocycles. The van der Waals surface area contributed by atoms with Crippen molar-refractivity contribution in [2.24, 2.45) is 0 Å². The van der Waals surface area contributed by atoms with Crippen LogP contribution in [0.3, 0.4) is 0 Å². The van der Waals surface area contributed by atoms with Crippen LogP contribution in [0.5, 0.6) is 0 Å². The van der Waals surface area contributed by atoms with E-state index in [1.165, 1.54) is 4.90 Å². The number of rotatable bonds is 10. The van der Waals surface area contributed by atoms with Crippen molar-refractivity contribution in [1.82, 2.24) is 15.3 Å². The molecule has 0 bridgehead atoms. The summed E-state index contributed by atoms with van der Waals surface area (Å²) in [4.78, 5) is 21.7. The van der Waals surface area contributed by atoms with E-state index in [0.29, 0.717) is 12.1 Å². The second kappa shape index (κ2) is 11.3. The van der Waals surface area contributed by atoms with E-state index in [1.807, 2.05) is 0 Å². The number of halogens is 3. The summed E-state index contributed by atoms with van der Waals surface area (Å²) in [7, 11) is 0. The Morgan fingerprint density at radius 3 is 2.43 bits per heavy atom. The van der Waals surface area contributed by atoms with E-state index in [2.05, 4.69) is 29.1 Å². The molecular formula is C21H28F3N4OS+. The monoisotopic (exact) mass is 441 g/mol. The van der Waals surface area contributed by atoms with Crippen LogP contribution in [-0.4, -0.2) is 47.3 Å². The molecule has 0 saturated heterocycles. The minimum atomic E-state index is -4.60. The molecule has 0 saturated carbocycles. The summed E-state index contributed by atoms with van der Waals surface area (Å²) < 4.78 is 39.9. The molecule has 30 heavy (non-hydrogen) atoms. The van der Waals surface area contributed by atoms with Crippen LogP contribution < -0.4 is 10.2 Å². The van der Waals surface area contributed by atoms with Crippen molar-refractivity contribution in [3.8, 4) is 11.3 Å². The summed E-state index contributed by atoms with van der Waals surface area (Å²) in [6.07, 6.45) is -3.75. The molecule has 9 heteroatoms. The van der Waals surface area contributed by atoms with Gasteiger partial charge in [0.05, 0.1) is 30.6 Å². The van der Waals surface area contributed by atoms with Crippen molar-refractivity contribution in [2.45, 2.75) is 43.8 Å². The number of carbonyl (C=O) groups excluding carboxylic acids is 1. The van der Waals surface area contributed by atoms with Crippen LogP contribution in [-0.2, 0) is 11.0 Å². The van der Waals surface area contributed by atoms with Gasteiger partial charge in [0.25, 0.3) is 0 Å². The summed E-state index contributed by atoms with van der Waals surface area (Å²) in [6.45, 7) is 9.45. The fraction of sp³-hybridized carbons (Fsp3) is 0.476. The van der Waals surface area contributed by atoms with Gasteiger partial charge in [0.1, 0.15) is 5.69 Å². The number of hydrogen-bond donors (Lipinski definition) is 2. The van der Waals surface area contributed by atoms with Crippen LogP contribution >= 0.6 is 11.8 Å². The molecule has 0 fully saturated rings. The zero-order chi connectivity index (χ0) is 22.1. The SMILES string of the molecule is CC[NH+](CC)CCCNC(=O)C(C)Sc1nc(-c2ccccc2)cc(C(F)(F)F)n1.